The molecule has 0 radical (unpaired) electrons. The van der Waals surface area contributed by atoms with Crippen LogP contribution in [0.15, 0.2) is 42.6 Å². The molecule has 2 rings (SSSR count). The molecule has 1 heterocycles. The van der Waals surface area contributed by atoms with E-state index in [0.29, 0.717) is 12.3 Å². The number of carbonyl (C=O) groups is 1. The van der Waals surface area contributed by atoms with E-state index in [0.717, 1.165) is 13.0 Å². The Balaban J connectivity index is 1.93. The van der Waals surface area contributed by atoms with Crippen LogP contribution in [0, 0.1) is 0 Å². The summed E-state index contributed by atoms with van der Waals surface area (Å²) in [6.45, 7) is 2.91. The van der Waals surface area contributed by atoms with Crippen molar-refractivity contribution < 1.29 is 9.53 Å². The van der Waals surface area contributed by atoms with E-state index in [4.69, 9.17) is 4.74 Å². The normalized spacial score (nSPS) is 10.3. The molecule has 0 bridgehead atoms. The second-order valence-electron chi connectivity index (χ2n) is 3.92. The summed E-state index contributed by atoms with van der Waals surface area (Å²) in [5.41, 5.74) is 1.62. The standard InChI is InChI=1S/C14H16N2O2/c1-2-18-14(17)13-9-11-16(15-13)10-8-12-6-4-3-5-7-12/h3-7,9,11H,2,8,10H2,1H3. The maximum atomic E-state index is 11.4. The molecule has 0 N–H and O–H groups in total. The summed E-state index contributed by atoms with van der Waals surface area (Å²) in [6.07, 6.45) is 2.69. The number of hydrogen-bond donors (Lipinski definition) is 0. The van der Waals surface area contributed by atoms with E-state index in [1.807, 2.05) is 18.2 Å². The zero-order valence-corrected chi connectivity index (χ0v) is 10.4. The van der Waals surface area contributed by atoms with Gasteiger partial charge in [-0.1, -0.05) is 30.3 Å². The molecule has 0 fully saturated rings. The maximum Gasteiger partial charge on any atom is 0.358 e. The van der Waals surface area contributed by atoms with Gasteiger partial charge in [0.2, 0.25) is 0 Å². The van der Waals surface area contributed by atoms with Crippen LogP contribution < -0.4 is 0 Å². The largest absolute Gasteiger partial charge is 0.461 e. The van der Waals surface area contributed by atoms with Crippen molar-refractivity contribution in [3.05, 3.63) is 53.9 Å². The van der Waals surface area contributed by atoms with Crippen molar-refractivity contribution in [3.63, 3.8) is 0 Å². The van der Waals surface area contributed by atoms with E-state index in [9.17, 15) is 4.79 Å². The SMILES string of the molecule is CCOC(=O)c1ccn(CCc2ccccc2)n1. The van der Waals surface area contributed by atoms with Gasteiger partial charge < -0.3 is 4.74 Å². The Hall–Kier alpha value is -2.10. The number of aromatic nitrogens is 2. The first kappa shape index (κ1) is 12.4. The lowest BCUT2D eigenvalue weighted by atomic mass is 10.2. The summed E-state index contributed by atoms with van der Waals surface area (Å²) in [4.78, 5) is 11.4. The van der Waals surface area contributed by atoms with Crippen LogP contribution in [0.25, 0.3) is 0 Å². The molecule has 0 aliphatic heterocycles. The summed E-state index contributed by atoms with van der Waals surface area (Å²) in [5, 5.41) is 4.19. The highest BCUT2D eigenvalue weighted by Crippen LogP contribution is 2.03. The zero-order chi connectivity index (χ0) is 12.8. The van der Waals surface area contributed by atoms with Crippen molar-refractivity contribution in [2.75, 3.05) is 6.61 Å². The minimum Gasteiger partial charge on any atom is -0.461 e. The molecule has 1 aromatic carbocycles. The molecule has 0 saturated carbocycles. The van der Waals surface area contributed by atoms with Crippen LogP contribution in [0.1, 0.15) is 23.0 Å². The van der Waals surface area contributed by atoms with E-state index in [1.165, 1.54) is 5.56 Å². The van der Waals surface area contributed by atoms with Crippen molar-refractivity contribution in [1.82, 2.24) is 9.78 Å². The van der Waals surface area contributed by atoms with Crippen LogP contribution in [-0.2, 0) is 17.7 Å². The number of carbonyl (C=O) groups excluding carboxylic acids is 1. The van der Waals surface area contributed by atoms with Gasteiger partial charge in [-0.15, -0.1) is 0 Å². The van der Waals surface area contributed by atoms with Gasteiger partial charge in [-0.25, -0.2) is 4.79 Å². The number of aryl methyl sites for hydroxylation is 2. The molecule has 0 aliphatic rings. The number of nitrogens with zero attached hydrogens (tertiary/aromatic N) is 2. The highest BCUT2D eigenvalue weighted by atomic mass is 16.5. The summed E-state index contributed by atoms with van der Waals surface area (Å²) in [5.74, 6) is -0.365. The van der Waals surface area contributed by atoms with E-state index in [2.05, 4.69) is 17.2 Å². The fraction of sp³-hybridized carbons (Fsp3) is 0.286. The summed E-state index contributed by atoms with van der Waals surface area (Å²) >= 11 is 0. The van der Waals surface area contributed by atoms with Gasteiger partial charge in [0.1, 0.15) is 0 Å². The first-order chi connectivity index (χ1) is 8.79. The predicted molar refractivity (Wildman–Crippen MR) is 68.3 cm³/mol. The Bertz CT molecular complexity index is 506. The van der Waals surface area contributed by atoms with Gasteiger partial charge in [-0.2, -0.15) is 5.10 Å². The summed E-state index contributed by atoms with van der Waals surface area (Å²) in [7, 11) is 0. The lowest BCUT2D eigenvalue weighted by Crippen LogP contribution is -2.08. The van der Waals surface area contributed by atoms with Gasteiger partial charge in [0.15, 0.2) is 5.69 Å². The summed E-state index contributed by atoms with van der Waals surface area (Å²) in [6, 6.07) is 11.9. The number of hydrogen-bond acceptors (Lipinski definition) is 3. The Labute approximate surface area is 106 Å². The van der Waals surface area contributed by atoms with Gasteiger partial charge in [-0.05, 0) is 25.0 Å². The molecule has 1 aromatic heterocycles. The number of ether oxygens (including phenoxy) is 1. The Kier molecular flexibility index (Phi) is 4.12. The van der Waals surface area contributed by atoms with Gasteiger partial charge in [-0.3, -0.25) is 4.68 Å². The molecule has 94 valence electrons. The Morgan fingerprint density at radius 1 is 1.28 bits per heavy atom. The van der Waals surface area contributed by atoms with Gasteiger partial charge >= 0.3 is 5.97 Å². The quantitative estimate of drug-likeness (QED) is 0.758. The van der Waals surface area contributed by atoms with Crippen LogP contribution in [0.4, 0.5) is 0 Å². The van der Waals surface area contributed by atoms with Gasteiger partial charge in [0.05, 0.1) is 6.61 Å². The Morgan fingerprint density at radius 2 is 2.06 bits per heavy atom. The van der Waals surface area contributed by atoms with Crippen molar-refractivity contribution in [2.24, 2.45) is 0 Å². The molecular weight excluding hydrogens is 228 g/mol. The first-order valence-electron chi connectivity index (χ1n) is 6.04. The van der Waals surface area contributed by atoms with Crippen molar-refractivity contribution in [2.45, 2.75) is 19.9 Å². The smallest absolute Gasteiger partial charge is 0.358 e. The minimum absolute atomic E-state index is 0.365. The van der Waals surface area contributed by atoms with Crippen LogP contribution in [0.3, 0.4) is 0 Å². The van der Waals surface area contributed by atoms with Crippen LogP contribution in [0.5, 0.6) is 0 Å². The second kappa shape index (κ2) is 6.00. The number of esters is 1. The third-order valence-electron chi connectivity index (χ3n) is 2.60. The molecule has 0 amide bonds. The van der Waals surface area contributed by atoms with E-state index in [-0.39, 0.29) is 5.97 Å². The van der Waals surface area contributed by atoms with Gasteiger partial charge in [0, 0.05) is 12.7 Å². The van der Waals surface area contributed by atoms with Crippen LogP contribution in [-0.4, -0.2) is 22.4 Å². The van der Waals surface area contributed by atoms with Gasteiger partial charge in [0.25, 0.3) is 0 Å². The highest BCUT2D eigenvalue weighted by molar-refractivity contribution is 5.86. The van der Waals surface area contributed by atoms with E-state index < -0.39 is 0 Å². The lowest BCUT2D eigenvalue weighted by molar-refractivity contribution is 0.0518. The minimum atomic E-state index is -0.365. The second-order valence-corrected chi connectivity index (χ2v) is 3.92. The third-order valence-corrected chi connectivity index (χ3v) is 2.60. The molecule has 4 heteroatoms. The Morgan fingerprint density at radius 3 is 2.78 bits per heavy atom. The molecule has 18 heavy (non-hydrogen) atoms. The fourth-order valence-electron chi connectivity index (χ4n) is 1.69. The van der Waals surface area contributed by atoms with Crippen LogP contribution in [0.2, 0.25) is 0 Å². The molecule has 4 nitrogen and oxygen atoms in total. The predicted octanol–water partition coefficient (Wildman–Crippen LogP) is 2.30. The molecule has 0 spiro atoms. The van der Waals surface area contributed by atoms with Crippen molar-refractivity contribution >= 4 is 5.97 Å². The van der Waals surface area contributed by atoms with E-state index >= 15 is 0 Å². The van der Waals surface area contributed by atoms with E-state index in [1.54, 1.807) is 23.9 Å². The zero-order valence-electron chi connectivity index (χ0n) is 10.4. The highest BCUT2D eigenvalue weighted by Gasteiger charge is 2.09. The van der Waals surface area contributed by atoms with Crippen molar-refractivity contribution in [1.29, 1.82) is 0 Å². The fourth-order valence-corrected chi connectivity index (χ4v) is 1.69. The third kappa shape index (κ3) is 3.20. The number of benzene rings is 1. The average molecular weight is 244 g/mol. The molecule has 2 aromatic rings. The first-order valence-corrected chi connectivity index (χ1v) is 6.04. The maximum absolute atomic E-state index is 11.4. The molecule has 0 unspecified atom stereocenters. The average Bonchev–Trinajstić information content (AvgIpc) is 2.87. The topological polar surface area (TPSA) is 44.1 Å². The number of rotatable bonds is 5. The van der Waals surface area contributed by atoms with Crippen molar-refractivity contribution in [3.8, 4) is 0 Å². The lowest BCUT2D eigenvalue weighted by Gasteiger charge is -2.02. The monoisotopic (exact) mass is 244 g/mol. The molecular formula is C14H16N2O2. The van der Waals surface area contributed by atoms with Crippen LogP contribution >= 0.6 is 0 Å². The molecule has 0 aliphatic carbocycles. The molecule has 0 atom stereocenters. The molecule has 0 saturated heterocycles. The summed E-state index contributed by atoms with van der Waals surface area (Å²) < 4.78 is 6.65.